The molecule has 0 atom stereocenters. The SMILES string of the molecule is Cc1nc(N2CCc3ccccc3CC2)c(C#N)c(=O)n1C(F)F. The topological polar surface area (TPSA) is 61.9 Å². The summed E-state index contributed by atoms with van der Waals surface area (Å²) in [5, 5.41) is 9.30. The zero-order valence-corrected chi connectivity index (χ0v) is 13.2. The van der Waals surface area contributed by atoms with E-state index >= 15 is 0 Å². The van der Waals surface area contributed by atoms with E-state index in [2.05, 4.69) is 17.1 Å². The molecule has 0 unspecified atom stereocenters. The monoisotopic (exact) mass is 330 g/mol. The van der Waals surface area contributed by atoms with Gasteiger partial charge >= 0.3 is 6.55 Å². The van der Waals surface area contributed by atoms with Crippen molar-refractivity contribution >= 4 is 5.82 Å². The lowest BCUT2D eigenvalue weighted by Gasteiger charge is -2.23. The molecule has 124 valence electrons. The molecule has 1 aromatic heterocycles. The summed E-state index contributed by atoms with van der Waals surface area (Å²) < 4.78 is 26.3. The van der Waals surface area contributed by atoms with Crippen LogP contribution in [0, 0.1) is 18.3 Å². The largest absolute Gasteiger partial charge is 0.355 e. The van der Waals surface area contributed by atoms with E-state index in [-0.39, 0.29) is 21.8 Å². The highest BCUT2D eigenvalue weighted by molar-refractivity contribution is 5.54. The Hall–Kier alpha value is -2.75. The third-order valence-corrected chi connectivity index (χ3v) is 4.30. The molecule has 0 aliphatic carbocycles. The minimum atomic E-state index is -3.01. The molecule has 2 aromatic rings. The van der Waals surface area contributed by atoms with Gasteiger partial charge in [0.15, 0.2) is 11.4 Å². The van der Waals surface area contributed by atoms with Crippen LogP contribution in [0.15, 0.2) is 29.1 Å². The number of halogens is 2. The van der Waals surface area contributed by atoms with Gasteiger partial charge in [-0.25, -0.2) is 9.55 Å². The lowest BCUT2D eigenvalue weighted by Crippen LogP contribution is -2.34. The zero-order valence-electron chi connectivity index (χ0n) is 13.2. The number of nitriles is 1. The molecule has 0 saturated heterocycles. The van der Waals surface area contributed by atoms with E-state index in [0.717, 1.165) is 12.8 Å². The van der Waals surface area contributed by atoms with Crippen LogP contribution in [0.5, 0.6) is 0 Å². The number of rotatable bonds is 2. The minimum Gasteiger partial charge on any atom is -0.355 e. The first-order valence-corrected chi connectivity index (χ1v) is 7.66. The fraction of sp³-hybridized carbons (Fsp3) is 0.353. The molecule has 0 N–H and O–H groups in total. The quantitative estimate of drug-likeness (QED) is 0.848. The van der Waals surface area contributed by atoms with Gasteiger partial charge in [0.25, 0.3) is 5.56 Å². The summed E-state index contributed by atoms with van der Waals surface area (Å²) in [7, 11) is 0. The van der Waals surface area contributed by atoms with Crippen molar-refractivity contribution in [2.75, 3.05) is 18.0 Å². The van der Waals surface area contributed by atoms with Crippen LogP contribution in [-0.2, 0) is 12.8 Å². The van der Waals surface area contributed by atoms with Crippen molar-refractivity contribution in [2.45, 2.75) is 26.3 Å². The van der Waals surface area contributed by atoms with Crippen molar-refractivity contribution in [3.8, 4) is 6.07 Å². The summed E-state index contributed by atoms with van der Waals surface area (Å²) in [6, 6.07) is 9.81. The smallest absolute Gasteiger partial charge is 0.322 e. The molecule has 0 saturated carbocycles. The van der Waals surface area contributed by atoms with Crippen molar-refractivity contribution in [1.29, 1.82) is 5.26 Å². The average Bonchev–Trinajstić information content (AvgIpc) is 2.76. The molecule has 0 radical (unpaired) electrons. The van der Waals surface area contributed by atoms with Crippen LogP contribution in [0.3, 0.4) is 0 Å². The molecule has 1 aliphatic rings. The molecule has 7 heteroatoms. The van der Waals surface area contributed by atoms with Crippen LogP contribution in [-0.4, -0.2) is 22.6 Å². The number of fused-ring (bicyclic) bond motifs is 1. The first kappa shape index (κ1) is 16.1. The van der Waals surface area contributed by atoms with Gasteiger partial charge in [-0.05, 0) is 30.9 Å². The van der Waals surface area contributed by atoms with Gasteiger partial charge in [0.05, 0.1) is 0 Å². The average molecular weight is 330 g/mol. The Kier molecular flexibility index (Phi) is 4.30. The molecule has 1 aromatic carbocycles. The third kappa shape index (κ3) is 2.75. The maximum Gasteiger partial charge on any atom is 0.322 e. The number of benzene rings is 1. The predicted molar refractivity (Wildman–Crippen MR) is 85.3 cm³/mol. The Morgan fingerprint density at radius 1 is 1.21 bits per heavy atom. The second-order valence-corrected chi connectivity index (χ2v) is 5.68. The molecule has 0 spiro atoms. The summed E-state index contributed by atoms with van der Waals surface area (Å²) in [5.74, 6) is 0.107. The number of alkyl halides is 2. The number of hydrogen-bond acceptors (Lipinski definition) is 4. The number of aromatic nitrogens is 2. The predicted octanol–water partition coefficient (Wildman–Crippen LogP) is 2.42. The Morgan fingerprint density at radius 2 is 1.79 bits per heavy atom. The second kappa shape index (κ2) is 6.40. The molecule has 0 bridgehead atoms. The van der Waals surface area contributed by atoms with Crippen LogP contribution in [0.25, 0.3) is 0 Å². The van der Waals surface area contributed by atoms with Gasteiger partial charge in [0.2, 0.25) is 0 Å². The van der Waals surface area contributed by atoms with E-state index in [1.807, 2.05) is 17.0 Å². The number of anilines is 1. The first-order valence-electron chi connectivity index (χ1n) is 7.66. The van der Waals surface area contributed by atoms with E-state index in [1.54, 1.807) is 6.07 Å². The standard InChI is InChI=1S/C17H16F2N4O/c1-11-21-15(14(10-20)16(24)23(11)17(18)19)22-8-6-12-4-2-3-5-13(12)7-9-22/h2-5,17H,6-9H2,1H3. The molecule has 5 nitrogen and oxygen atoms in total. The van der Waals surface area contributed by atoms with Crippen molar-refractivity contribution in [3.63, 3.8) is 0 Å². The lowest BCUT2D eigenvalue weighted by molar-refractivity contribution is 0.0627. The molecule has 2 heterocycles. The van der Waals surface area contributed by atoms with Crippen molar-refractivity contribution < 1.29 is 8.78 Å². The van der Waals surface area contributed by atoms with Gasteiger partial charge in [-0.15, -0.1) is 0 Å². The Bertz CT molecular complexity index is 843. The van der Waals surface area contributed by atoms with E-state index in [1.165, 1.54) is 18.1 Å². The third-order valence-electron chi connectivity index (χ3n) is 4.30. The normalized spacial score (nSPS) is 14.2. The Morgan fingerprint density at radius 3 is 2.29 bits per heavy atom. The van der Waals surface area contributed by atoms with Crippen molar-refractivity contribution in [3.05, 3.63) is 57.1 Å². The highest BCUT2D eigenvalue weighted by Crippen LogP contribution is 2.22. The Balaban J connectivity index is 2.02. The van der Waals surface area contributed by atoms with Gasteiger partial charge in [-0.3, -0.25) is 4.79 Å². The highest BCUT2D eigenvalue weighted by atomic mass is 19.3. The zero-order chi connectivity index (χ0) is 17.3. The first-order chi connectivity index (χ1) is 11.5. The van der Waals surface area contributed by atoms with E-state index in [4.69, 9.17) is 0 Å². The van der Waals surface area contributed by atoms with Gasteiger partial charge in [-0.2, -0.15) is 14.0 Å². The summed E-state index contributed by atoms with van der Waals surface area (Å²) in [6.07, 6.45) is 1.50. The van der Waals surface area contributed by atoms with Gasteiger partial charge in [0, 0.05) is 13.1 Å². The minimum absolute atomic E-state index is 0.0919. The molecule has 24 heavy (non-hydrogen) atoms. The van der Waals surface area contributed by atoms with E-state index in [9.17, 15) is 18.8 Å². The second-order valence-electron chi connectivity index (χ2n) is 5.68. The van der Waals surface area contributed by atoms with Crippen molar-refractivity contribution in [1.82, 2.24) is 9.55 Å². The molecular weight excluding hydrogens is 314 g/mol. The Labute approximate surface area is 137 Å². The van der Waals surface area contributed by atoms with Gasteiger partial charge in [0.1, 0.15) is 11.9 Å². The van der Waals surface area contributed by atoms with Crippen LogP contribution < -0.4 is 10.5 Å². The maximum atomic E-state index is 13.0. The molecule has 0 fully saturated rings. The highest BCUT2D eigenvalue weighted by Gasteiger charge is 2.24. The summed E-state index contributed by atoms with van der Waals surface area (Å²) in [5.41, 5.74) is 1.12. The molecule has 1 aliphatic heterocycles. The molecular formula is C17H16F2N4O. The summed E-state index contributed by atoms with van der Waals surface area (Å²) in [4.78, 5) is 18.2. The van der Waals surface area contributed by atoms with Crippen LogP contribution in [0.4, 0.5) is 14.6 Å². The number of hydrogen-bond donors (Lipinski definition) is 0. The fourth-order valence-electron chi connectivity index (χ4n) is 3.06. The maximum absolute atomic E-state index is 13.0. The fourth-order valence-corrected chi connectivity index (χ4v) is 3.06. The van der Waals surface area contributed by atoms with Gasteiger partial charge in [-0.1, -0.05) is 24.3 Å². The van der Waals surface area contributed by atoms with Crippen LogP contribution in [0.2, 0.25) is 0 Å². The summed E-state index contributed by atoms with van der Waals surface area (Å²) in [6.45, 7) is -0.503. The lowest BCUT2D eigenvalue weighted by atomic mass is 10.0. The van der Waals surface area contributed by atoms with Gasteiger partial charge < -0.3 is 4.90 Å². The van der Waals surface area contributed by atoms with E-state index < -0.39 is 12.1 Å². The van der Waals surface area contributed by atoms with Crippen LogP contribution >= 0.6 is 0 Å². The summed E-state index contributed by atoms with van der Waals surface area (Å²) >= 11 is 0. The van der Waals surface area contributed by atoms with Crippen LogP contribution in [0.1, 0.15) is 29.1 Å². The molecule has 3 rings (SSSR count). The number of nitrogens with zero attached hydrogens (tertiary/aromatic N) is 4. The number of aryl methyl sites for hydroxylation is 1. The molecule has 0 amide bonds. The van der Waals surface area contributed by atoms with E-state index in [0.29, 0.717) is 13.1 Å². The van der Waals surface area contributed by atoms with Crippen molar-refractivity contribution in [2.24, 2.45) is 0 Å².